The monoisotopic (exact) mass is 332 g/mol. The average Bonchev–Trinajstić information content (AvgIpc) is 2.87. The third-order valence-corrected chi connectivity index (χ3v) is 4.45. The maximum atomic E-state index is 12.3. The van der Waals surface area contributed by atoms with Gasteiger partial charge in [0.1, 0.15) is 0 Å². The third-order valence-electron chi connectivity index (χ3n) is 4.45. The molecule has 1 heterocycles. The van der Waals surface area contributed by atoms with Crippen LogP contribution in [0.5, 0.6) is 0 Å². The Hall–Kier alpha value is -1.88. The average molecular weight is 332 g/mol. The van der Waals surface area contributed by atoms with E-state index >= 15 is 0 Å². The molecule has 3 atom stereocenters. The normalized spacial score (nSPS) is 20.1. The van der Waals surface area contributed by atoms with Gasteiger partial charge in [-0.3, -0.25) is 9.59 Å². The number of likely N-dealkylation sites (tertiary alicyclic amines) is 1. The van der Waals surface area contributed by atoms with Crippen LogP contribution in [0.4, 0.5) is 0 Å². The number of nitrogens with one attached hydrogen (secondary N) is 1. The lowest BCUT2D eigenvalue weighted by Gasteiger charge is -2.18. The van der Waals surface area contributed by atoms with Crippen molar-refractivity contribution in [1.29, 1.82) is 0 Å². The fraction of sp³-hybridized carbons (Fsp3) is 0.579. The van der Waals surface area contributed by atoms with E-state index < -0.39 is 0 Å². The van der Waals surface area contributed by atoms with Gasteiger partial charge in [0.05, 0.1) is 12.0 Å². The zero-order valence-electron chi connectivity index (χ0n) is 14.8. The highest BCUT2D eigenvalue weighted by Crippen LogP contribution is 2.20. The number of hydrogen-bond acceptors (Lipinski definition) is 3. The van der Waals surface area contributed by atoms with Gasteiger partial charge in [-0.2, -0.15) is 0 Å². The first-order valence-electron chi connectivity index (χ1n) is 8.64. The van der Waals surface area contributed by atoms with Crippen LogP contribution in [0.25, 0.3) is 0 Å². The van der Waals surface area contributed by atoms with Gasteiger partial charge in [0, 0.05) is 26.1 Å². The molecule has 1 aliphatic heterocycles. The van der Waals surface area contributed by atoms with Gasteiger partial charge in [-0.05, 0) is 31.7 Å². The maximum Gasteiger partial charge on any atom is 0.225 e. The second-order valence-electron chi connectivity index (χ2n) is 7.10. The second kappa shape index (κ2) is 8.29. The van der Waals surface area contributed by atoms with Crippen molar-refractivity contribution in [2.45, 2.75) is 46.3 Å². The summed E-state index contributed by atoms with van der Waals surface area (Å²) in [6.07, 6.45) is 0.571. The lowest BCUT2D eigenvalue weighted by Crippen LogP contribution is -2.35. The zero-order chi connectivity index (χ0) is 17.7. The minimum atomic E-state index is -0.366. The van der Waals surface area contributed by atoms with E-state index in [9.17, 15) is 14.7 Å². The van der Waals surface area contributed by atoms with Gasteiger partial charge in [0.2, 0.25) is 11.8 Å². The predicted octanol–water partition coefficient (Wildman–Crippen LogP) is 1.87. The molecule has 0 aliphatic carbocycles. The summed E-state index contributed by atoms with van der Waals surface area (Å²) in [6.45, 7) is 7.34. The van der Waals surface area contributed by atoms with Crippen molar-refractivity contribution in [2.75, 3.05) is 13.1 Å². The molecule has 0 spiro atoms. The number of amides is 2. The minimum absolute atomic E-state index is 0.0350. The number of benzene rings is 1. The number of carbonyl (C=O) groups is 2. The highest BCUT2D eigenvalue weighted by atomic mass is 16.3. The molecule has 24 heavy (non-hydrogen) atoms. The molecule has 2 N–H and O–H groups in total. The first kappa shape index (κ1) is 18.5. The Morgan fingerprint density at radius 2 is 2.00 bits per heavy atom. The maximum absolute atomic E-state index is 12.3. The highest BCUT2D eigenvalue weighted by molar-refractivity contribution is 5.89. The lowest BCUT2D eigenvalue weighted by atomic mass is 10.0. The predicted molar refractivity (Wildman–Crippen MR) is 93.2 cm³/mol. The van der Waals surface area contributed by atoms with E-state index in [4.69, 9.17) is 0 Å². The summed E-state index contributed by atoms with van der Waals surface area (Å²) in [5, 5.41) is 12.3. The topological polar surface area (TPSA) is 69.6 Å². The van der Waals surface area contributed by atoms with Crippen LogP contribution in [0, 0.1) is 18.8 Å². The zero-order valence-corrected chi connectivity index (χ0v) is 14.8. The number of aryl methyl sites for hydroxylation is 1. The smallest absolute Gasteiger partial charge is 0.225 e. The molecule has 5 nitrogen and oxygen atoms in total. The molecule has 1 fully saturated rings. The molecule has 0 saturated carbocycles. The van der Waals surface area contributed by atoms with Crippen molar-refractivity contribution in [3.63, 3.8) is 0 Å². The number of nitrogens with zero attached hydrogens (tertiary/aromatic N) is 1. The molecule has 0 aromatic heterocycles. The molecule has 1 aliphatic rings. The number of aliphatic hydroxyl groups is 1. The van der Waals surface area contributed by atoms with Gasteiger partial charge < -0.3 is 15.3 Å². The first-order valence-corrected chi connectivity index (χ1v) is 8.64. The van der Waals surface area contributed by atoms with E-state index in [1.807, 2.05) is 38.1 Å². The molecule has 0 radical (unpaired) electrons. The van der Waals surface area contributed by atoms with Crippen LogP contribution in [-0.2, 0) is 16.1 Å². The Balaban J connectivity index is 1.82. The van der Waals surface area contributed by atoms with Crippen LogP contribution in [0.2, 0.25) is 0 Å². The molecular weight excluding hydrogens is 304 g/mol. The van der Waals surface area contributed by atoms with Crippen LogP contribution in [0.3, 0.4) is 0 Å². The van der Waals surface area contributed by atoms with Crippen LogP contribution < -0.4 is 5.32 Å². The van der Waals surface area contributed by atoms with Crippen molar-refractivity contribution in [3.8, 4) is 0 Å². The van der Waals surface area contributed by atoms with E-state index in [1.54, 1.807) is 11.8 Å². The number of hydrogen-bond donors (Lipinski definition) is 2. The molecule has 2 rings (SSSR count). The Morgan fingerprint density at radius 3 is 2.62 bits per heavy atom. The summed E-state index contributed by atoms with van der Waals surface area (Å²) in [5.41, 5.74) is 2.27. The minimum Gasteiger partial charge on any atom is -0.393 e. The second-order valence-corrected chi connectivity index (χ2v) is 7.10. The van der Waals surface area contributed by atoms with Gasteiger partial charge in [0.25, 0.3) is 0 Å². The highest BCUT2D eigenvalue weighted by Gasteiger charge is 2.34. The standard InChI is InChI=1S/C19H28N2O3/c1-13-4-6-16(7-5-13)11-21-12-17(9-18(21)23)19(24)20-10-14(2)8-15(3)22/h4-7,14-15,17,22H,8-12H2,1-3H3,(H,20,24). The quantitative estimate of drug-likeness (QED) is 0.801. The third kappa shape index (κ3) is 5.34. The van der Waals surface area contributed by atoms with E-state index in [1.165, 1.54) is 5.56 Å². The summed E-state index contributed by atoms with van der Waals surface area (Å²) in [7, 11) is 0. The number of rotatable bonds is 7. The largest absolute Gasteiger partial charge is 0.393 e. The molecule has 0 bridgehead atoms. The van der Waals surface area contributed by atoms with Gasteiger partial charge in [-0.1, -0.05) is 36.8 Å². The van der Waals surface area contributed by atoms with Crippen molar-refractivity contribution >= 4 is 11.8 Å². The van der Waals surface area contributed by atoms with Gasteiger partial charge in [0.15, 0.2) is 0 Å². The van der Waals surface area contributed by atoms with Crippen LogP contribution in [-0.4, -0.2) is 41.0 Å². The Kier molecular flexibility index (Phi) is 6.37. The molecule has 3 unspecified atom stereocenters. The summed E-state index contributed by atoms with van der Waals surface area (Å²) < 4.78 is 0. The fourth-order valence-electron chi connectivity index (χ4n) is 3.10. The summed E-state index contributed by atoms with van der Waals surface area (Å²) in [5.74, 6) is -0.0867. The number of aliphatic hydroxyl groups excluding tert-OH is 1. The van der Waals surface area contributed by atoms with Crippen LogP contribution in [0.15, 0.2) is 24.3 Å². The summed E-state index contributed by atoms with van der Waals surface area (Å²) in [6, 6.07) is 8.11. The molecule has 5 heteroatoms. The van der Waals surface area contributed by atoms with Crippen molar-refractivity contribution in [2.24, 2.45) is 11.8 Å². The molecule has 2 amide bonds. The van der Waals surface area contributed by atoms with Crippen molar-refractivity contribution < 1.29 is 14.7 Å². The van der Waals surface area contributed by atoms with E-state index in [2.05, 4.69) is 5.32 Å². The summed E-state index contributed by atoms with van der Waals surface area (Å²) >= 11 is 0. The van der Waals surface area contributed by atoms with Gasteiger partial charge in [-0.25, -0.2) is 0 Å². The van der Waals surface area contributed by atoms with E-state index in [0.717, 1.165) is 5.56 Å². The van der Waals surface area contributed by atoms with Gasteiger partial charge >= 0.3 is 0 Å². The van der Waals surface area contributed by atoms with Crippen molar-refractivity contribution in [1.82, 2.24) is 10.2 Å². The van der Waals surface area contributed by atoms with Crippen LogP contribution >= 0.6 is 0 Å². The first-order chi connectivity index (χ1) is 11.3. The van der Waals surface area contributed by atoms with E-state index in [0.29, 0.717) is 26.1 Å². The SMILES string of the molecule is Cc1ccc(CN2CC(C(=O)NCC(C)CC(C)O)CC2=O)cc1. The summed E-state index contributed by atoms with van der Waals surface area (Å²) in [4.78, 5) is 26.2. The fourth-order valence-corrected chi connectivity index (χ4v) is 3.10. The molecule has 1 saturated heterocycles. The molecular formula is C19H28N2O3. The Bertz CT molecular complexity index is 568. The molecule has 1 aromatic rings. The van der Waals surface area contributed by atoms with E-state index in [-0.39, 0.29) is 36.2 Å². The lowest BCUT2D eigenvalue weighted by molar-refractivity contribution is -0.129. The van der Waals surface area contributed by atoms with Crippen LogP contribution in [0.1, 0.15) is 37.8 Å². The molecule has 132 valence electrons. The Labute approximate surface area is 144 Å². The molecule has 1 aromatic carbocycles. The van der Waals surface area contributed by atoms with Gasteiger partial charge in [-0.15, -0.1) is 0 Å². The Morgan fingerprint density at radius 1 is 1.33 bits per heavy atom. The number of carbonyl (C=O) groups excluding carboxylic acids is 2. The van der Waals surface area contributed by atoms with Crippen molar-refractivity contribution in [3.05, 3.63) is 35.4 Å².